The van der Waals surface area contributed by atoms with Gasteiger partial charge in [-0.2, -0.15) is 5.10 Å². The molecule has 1 aliphatic heterocycles. The molecule has 2 heterocycles. The first-order valence-corrected chi connectivity index (χ1v) is 10.6. The molecule has 8 nitrogen and oxygen atoms in total. The van der Waals surface area contributed by atoms with Crippen LogP contribution in [-0.4, -0.2) is 66.4 Å². The maximum absolute atomic E-state index is 12.6. The lowest BCUT2D eigenvalue weighted by Crippen LogP contribution is -2.55. The maximum Gasteiger partial charge on any atom is 0.246 e. The van der Waals surface area contributed by atoms with E-state index in [9.17, 15) is 4.79 Å². The average Bonchev–Trinajstić information content (AvgIpc) is 3.18. The molecule has 0 radical (unpaired) electrons. The summed E-state index contributed by atoms with van der Waals surface area (Å²) >= 11 is 0. The van der Waals surface area contributed by atoms with Crippen LogP contribution in [0.25, 0.3) is 0 Å². The number of aryl methyl sites for hydroxylation is 1. The Labute approximate surface area is 201 Å². The van der Waals surface area contributed by atoms with E-state index in [1.807, 2.05) is 30.3 Å². The number of hydrogen-bond acceptors (Lipinski definition) is 4. The molecule has 1 aromatic carbocycles. The normalized spacial score (nSPS) is 14.4. The number of nitrogens with zero attached hydrogens (tertiary/aromatic N) is 5. The van der Waals surface area contributed by atoms with Crippen molar-refractivity contribution in [3.8, 4) is 5.75 Å². The van der Waals surface area contributed by atoms with Gasteiger partial charge in [0, 0.05) is 39.9 Å². The Bertz CT molecular complexity index is 852. The number of guanidine groups is 1. The van der Waals surface area contributed by atoms with Gasteiger partial charge in [0.2, 0.25) is 5.91 Å². The van der Waals surface area contributed by atoms with E-state index in [1.54, 1.807) is 22.8 Å². The Balaban J connectivity index is 0.00000341. The molecule has 0 aliphatic carbocycles. The molecule has 1 aromatic heterocycles. The molecule has 0 bridgehead atoms. The monoisotopic (exact) mass is 540 g/mol. The largest absolute Gasteiger partial charge is 0.494 e. The second-order valence-electron chi connectivity index (χ2n) is 7.41. The maximum atomic E-state index is 12.6. The van der Waals surface area contributed by atoms with Crippen molar-refractivity contribution in [1.82, 2.24) is 20.0 Å². The van der Waals surface area contributed by atoms with Crippen LogP contribution in [0.3, 0.4) is 0 Å². The SMILES string of the molecule is CCCCOc1ccc(CCNC(=NC)N2CCN(c3cnn(C)c3)C(=O)C2)cc1.I. The van der Waals surface area contributed by atoms with Crippen LogP contribution in [0.4, 0.5) is 5.69 Å². The Morgan fingerprint density at radius 2 is 2.03 bits per heavy atom. The summed E-state index contributed by atoms with van der Waals surface area (Å²) < 4.78 is 7.42. The highest BCUT2D eigenvalue weighted by Crippen LogP contribution is 2.16. The number of amides is 1. The zero-order valence-electron chi connectivity index (χ0n) is 18.6. The molecule has 1 amide bonds. The minimum atomic E-state index is 0. The number of ether oxygens (including phenoxy) is 1. The third-order valence-electron chi connectivity index (χ3n) is 5.12. The van der Waals surface area contributed by atoms with E-state index < -0.39 is 0 Å². The van der Waals surface area contributed by atoms with Crippen molar-refractivity contribution < 1.29 is 9.53 Å². The quantitative estimate of drug-likeness (QED) is 0.241. The number of aliphatic imine (C=N–C) groups is 1. The summed E-state index contributed by atoms with van der Waals surface area (Å²) in [7, 11) is 3.60. The molecule has 0 spiro atoms. The zero-order valence-corrected chi connectivity index (χ0v) is 20.9. The number of piperazine rings is 1. The van der Waals surface area contributed by atoms with Crippen molar-refractivity contribution in [3.05, 3.63) is 42.2 Å². The van der Waals surface area contributed by atoms with Crippen LogP contribution in [0.1, 0.15) is 25.3 Å². The Kier molecular flexibility index (Phi) is 10.1. The number of rotatable bonds is 8. The van der Waals surface area contributed by atoms with Crippen molar-refractivity contribution in [2.24, 2.45) is 12.0 Å². The van der Waals surface area contributed by atoms with E-state index in [1.165, 1.54) is 5.56 Å². The van der Waals surface area contributed by atoms with Gasteiger partial charge in [0.25, 0.3) is 0 Å². The minimum absolute atomic E-state index is 0. The second-order valence-corrected chi connectivity index (χ2v) is 7.41. The number of hydrogen-bond donors (Lipinski definition) is 1. The van der Waals surface area contributed by atoms with Gasteiger partial charge in [0.15, 0.2) is 5.96 Å². The number of carbonyl (C=O) groups excluding carboxylic acids is 1. The molecule has 2 aromatic rings. The number of unbranched alkanes of at least 4 members (excludes halogenated alkanes) is 1. The highest BCUT2D eigenvalue weighted by Gasteiger charge is 2.27. The van der Waals surface area contributed by atoms with Crippen molar-refractivity contribution >= 4 is 41.5 Å². The summed E-state index contributed by atoms with van der Waals surface area (Å²) in [5.41, 5.74) is 2.07. The van der Waals surface area contributed by atoms with E-state index in [4.69, 9.17) is 4.74 Å². The van der Waals surface area contributed by atoms with Crippen LogP contribution in [0.2, 0.25) is 0 Å². The van der Waals surface area contributed by atoms with E-state index in [2.05, 4.69) is 34.5 Å². The van der Waals surface area contributed by atoms with Gasteiger partial charge in [-0.1, -0.05) is 25.5 Å². The van der Waals surface area contributed by atoms with Crippen molar-refractivity contribution in [2.75, 3.05) is 44.7 Å². The molecular weight excluding hydrogens is 507 g/mol. The topological polar surface area (TPSA) is 75.0 Å². The Morgan fingerprint density at radius 1 is 1.26 bits per heavy atom. The number of carbonyl (C=O) groups is 1. The highest BCUT2D eigenvalue weighted by atomic mass is 127. The fraction of sp³-hybridized carbons (Fsp3) is 0.500. The predicted molar refractivity (Wildman–Crippen MR) is 134 cm³/mol. The molecule has 0 saturated carbocycles. The van der Waals surface area contributed by atoms with Gasteiger partial charge in [-0.15, -0.1) is 24.0 Å². The zero-order chi connectivity index (χ0) is 21.3. The van der Waals surface area contributed by atoms with Crippen LogP contribution >= 0.6 is 24.0 Å². The van der Waals surface area contributed by atoms with Crippen molar-refractivity contribution in [3.63, 3.8) is 0 Å². The average molecular weight is 540 g/mol. The van der Waals surface area contributed by atoms with Gasteiger partial charge >= 0.3 is 0 Å². The molecule has 9 heteroatoms. The first kappa shape index (κ1) is 25.0. The molecule has 1 aliphatic rings. The van der Waals surface area contributed by atoms with Gasteiger partial charge in [-0.3, -0.25) is 14.5 Å². The summed E-state index contributed by atoms with van der Waals surface area (Å²) in [5.74, 6) is 1.73. The molecule has 1 fully saturated rings. The first-order valence-electron chi connectivity index (χ1n) is 10.6. The lowest BCUT2D eigenvalue weighted by atomic mass is 10.1. The molecule has 0 unspecified atom stereocenters. The molecule has 31 heavy (non-hydrogen) atoms. The van der Waals surface area contributed by atoms with Crippen molar-refractivity contribution in [2.45, 2.75) is 26.2 Å². The summed E-state index contributed by atoms with van der Waals surface area (Å²) in [6, 6.07) is 8.25. The highest BCUT2D eigenvalue weighted by molar-refractivity contribution is 14.0. The fourth-order valence-electron chi connectivity index (χ4n) is 3.41. The number of nitrogens with one attached hydrogen (secondary N) is 1. The lowest BCUT2D eigenvalue weighted by Gasteiger charge is -2.35. The van der Waals surface area contributed by atoms with E-state index in [-0.39, 0.29) is 29.9 Å². The van der Waals surface area contributed by atoms with Crippen molar-refractivity contribution in [1.29, 1.82) is 0 Å². The smallest absolute Gasteiger partial charge is 0.246 e. The minimum Gasteiger partial charge on any atom is -0.494 e. The third-order valence-corrected chi connectivity index (χ3v) is 5.12. The number of benzene rings is 1. The molecule has 1 saturated heterocycles. The number of anilines is 1. The summed E-state index contributed by atoms with van der Waals surface area (Å²) in [6.45, 7) is 5.32. The van der Waals surface area contributed by atoms with Gasteiger partial charge in [-0.25, -0.2) is 0 Å². The number of halogens is 1. The standard InChI is InChI=1S/C22H32N6O2.HI/c1-4-5-14-30-20-8-6-18(7-9-20)10-11-24-22(23-2)27-12-13-28(21(29)17-27)19-15-25-26(3)16-19;/h6-9,15-16H,4-5,10-14,17H2,1-3H3,(H,23,24);1H. The lowest BCUT2D eigenvalue weighted by molar-refractivity contribution is -0.120. The van der Waals surface area contributed by atoms with E-state index >= 15 is 0 Å². The Hall–Kier alpha value is -2.30. The van der Waals surface area contributed by atoms with Crippen LogP contribution in [0, 0.1) is 0 Å². The molecule has 3 rings (SSSR count). The van der Waals surface area contributed by atoms with Crippen LogP contribution in [0.15, 0.2) is 41.7 Å². The predicted octanol–water partition coefficient (Wildman–Crippen LogP) is 2.68. The summed E-state index contributed by atoms with van der Waals surface area (Å²) in [5, 5.41) is 7.54. The van der Waals surface area contributed by atoms with Crippen LogP contribution in [0.5, 0.6) is 5.75 Å². The fourth-order valence-corrected chi connectivity index (χ4v) is 3.41. The Morgan fingerprint density at radius 3 is 2.65 bits per heavy atom. The molecule has 170 valence electrons. The second kappa shape index (κ2) is 12.5. The molecule has 1 N–H and O–H groups in total. The van der Waals surface area contributed by atoms with Crippen LogP contribution in [-0.2, 0) is 18.3 Å². The van der Waals surface area contributed by atoms with Gasteiger partial charge in [0.05, 0.1) is 18.5 Å². The summed E-state index contributed by atoms with van der Waals surface area (Å²) in [6.07, 6.45) is 6.67. The number of aromatic nitrogens is 2. The molecule has 0 atom stereocenters. The van der Waals surface area contributed by atoms with E-state index in [0.717, 1.165) is 56.4 Å². The first-order chi connectivity index (χ1) is 14.6. The third kappa shape index (κ3) is 7.12. The van der Waals surface area contributed by atoms with E-state index in [0.29, 0.717) is 13.1 Å². The van der Waals surface area contributed by atoms with Gasteiger partial charge < -0.3 is 19.9 Å². The summed E-state index contributed by atoms with van der Waals surface area (Å²) in [4.78, 5) is 20.7. The van der Waals surface area contributed by atoms with Gasteiger partial charge in [0.1, 0.15) is 12.3 Å². The van der Waals surface area contributed by atoms with Gasteiger partial charge in [-0.05, 0) is 30.5 Å². The van der Waals surface area contributed by atoms with Crippen LogP contribution < -0.4 is 15.0 Å². The molecular formula is C22H33IN6O2.